The first-order chi connectivity index (χ1) is 9.38. The molecule has 0 amide bonds. The molecular formula is C15H25N3O. The number of methoxy groups -OCH3 is 1. The highest BCUT2D eigenvalue weighted by atomic mass is 16.5. The largest absolute Gasteiger partial charge is 0.383 e. The van der Waals surface area contributed by atoms with Gasteiger partial charge in [0.1, 0.15) is 0 Å². The Hall–Kier alpha value is -0.970. The molecular weight excluding hydrogens is 238 g/mol. The molecule has 2 heterocycles. The van der Waals surface area contributed by atoms with Gasteiger partial charge in [0.2, 0.25) is 0 Å². The first-order valence-electron chi connectivity index (χ1n) is 7.22. The Kier molecular flexibility index (Phi) is 6.27. The number of aromatic nitrogens is 1. The van der Waals surface area contributed by atoms with E-state index in [1.165, 1.54) is 24.9 Å². The van der Waals surface area contributed by atoms with Crippen molar-refractivity contribution < 1.29 is 4.74 Å². The topological polar surface area (TPSA) is 37.4 Å². The average Bonchev–Trinajstić information content (AvgIpc) is 2.96. The van der Waals surface area contributed by atoms with E-state index < -0.39 is 0 Å². The molecule has 106 valence electrons. The number of hydrogen-bond acceptors (Lipinski definition) is 4. The van der Waals surface area contributed by atoms with Crippen LogP contribution in [0.25, 0.3) is 0 Å². The van der Waals surface area contributed by atoms with Gasteiger partial charge in [-0.25, -0.2) is 0 Å². The molecule has 0 bridgehead atoms. The molecule has 0 aromatic carbocycles. The molecule has 4 nitrogen and oxygen atoms in total. The third-order valence-electron chi connectivity index (χ3n) is 3.69. The van der Waals surface area contributed by atoms with E-state index in [0.29, 0.717) is 6.04 Å². The van der Waals surface area contributed by atoms with E-state index in [4.69, 9.17) is 4.74 Å². The molecule has 4 heteroatoms. The average molecular weight is 263 g/mol. The third-order valence-corrected chi connectivity index (χ3v) is 3.69. The molecule has 1 atom stereocenters. The van der Waals surface area contributed by atoms with Crippen molar-refractivity contribution in [3.8, 4) is 0 Å². The van der Waals surface area contributed by atoms with Crippen LogP contribution >= 0.6 is 0 Å². The minimum absolute atomic E-state index is 0.658. The first kappa shape index (κ1) is 14.4. The summed E-state index contributed by atoms with van der Waals surface area (Å²) in [6, 6.07) is 4.81. The van der Waals surface area contributed by atoms with Crippen molar-refractivity contribution in [1.82, 2.24) is 15.2 Å². The van der Waals surface area contributed by atoms with Crippen LogP contribution in [0, 0.1) is 0 Å². The van der Waals surface area contributed by atoms with Gasteiger partial charge in [-0.15, -0.1) is 0 Å². The lowest BCUT2D eigenvalue weighted by Gasteiger charge is -2.25. The molecule has 0 aliphatic carbocycles. The zero-order chi connectivity index (χ0) is 13.3. The van der Waals surface area contributed by atoms with Crippen molar-refractivity contribution in [2.75, 3.05) is 39.9 Å². The van der Waals surface area contributed by atoms with Crippen LogP contribution in [0.1, 0.15) is 18.4 Å². The van der Waals surface area contributed by atoms with Crippen molar-refractivity contribution in [3.05, 3.63) is 30.1 Å². The predicted octanol–water partition coefficient (Wildman–Crippen LogP) is 1.32. The van der Waals surface area contributed by atoms with Gasteiger partial charge < -0.3 is 10.1 Å². The highest BCUT2D eigenvalue weighted by Gasteiger charge is 2.17. The fourth-order valence-electron chi connectivity index (χ4n) is 2.57. The highest BCUT2D eigenvalue weighted by Crippen LogP contribution is 2.08. The molecule has 1 saturated heterocycles. The van der Waals surface area contributed by atoms with Gasteiger partial charge in [-0.3, -0.25) is 9.88 Å². The SMILES string of the molecule is COCCN(CCc1cccnc1)CC1CCCN1. The molecule has 1 aromatic heterocycles. The van der Waals surface area contributed by atoms with Crippen LogP contribution in [0.4, 0.5) is 0 Å². The van der Waals surface area contributed by atoms with Crippen molar-refractivity contribution >= 4 is 0 Å². The smallest absolute Gasteiger partial charge is 0.0589 e. The fourth-order valence-corrected chi connectivity index (χ4v) is 2.57. The minimum Gasteiger partial charge on any atom is -0.383 e. The molecule has 0 spiro atoms. The third kappa shape index (κ3) is 5.27. The molecule has 1 aromatic rings. The van der Waals surface area contributed by atoms with Crippen LogP contribution in [0.5, 0.6) is 0 Å². The molecule has 1 aliphatic heterocycles. The van der Waals surface area contributed by atoms with E-state index in [9.17, 15) is 0 Å². The second-order valence-electron chi connectivity index (χ2n) is 5.20. The van der Waals surface area contributed by atoms with Crippen molar-refractivity contribution in [2.24, 2.45) is 0 Å². The van der Waals surface area contributed by atoms with E-state index in [0.717, 1.165) is 32.7 Å². The van der Waals surface area contributed by atoms with Crippen molar-refractivity contribution in [2.45, 2.75) is 25.3 Å². The summed E-state index contributed by atoms with van der Waals surface area (Å²) in [5.41, 5.74) is 1.31. The summed E-state index contributed by atoms with van der Waals surface area (Å²) in [6.07, 6.45) is 7.46. The Morgan fingerprint density at radius 2 is 2.42 bits per heavy atom. The van der Waals surface area contributed by atoms with Gasteiger partial charge >= 0.3 is 0 Å². The maximum absolute atomic E-state index is 5.21. The maximum atomic E-state index is 5.21. The maximum Gasteiger partial charge on any atom is 0.0589 e. The van der Waals surface area contributed by atoms with Crippen LogP contribution in [0.3, 0.4) is 0 Å². The number of pyridine rings is 1. The number of nitrogens with zero attached hydrogens (tertiary/aromatic N) is 2. The molecule has 19 heavy (non-hydrogen) atoms. The lowest BCUT2D eigenvalue weighted by molar-refractivity contribution is 0.142. The fraction of sp³-hybridized carbons (Fsp3) is 0.667. The Morgan fingerprint density at radius 1 is 1.47 bits per heavy atom. The van der Waals surface area contributed by atoms with Crippen LogP contribution in [0.2, 0.25) is 0 Å². The normalized spacial score (nSPS) is 19.2. The Labute approximate surface area is 116 Å². The van der Waals surface area contributed by atoms with Gasteiger partial charge in [0.25, 0.3) is 0 Å². The Morgan fingerprint density at radius 3 is 3.11 bits per heavy atom. The summed E-state index contributed by atoms with van der Waals surface area (Å²) < 4.78 is 5.21. The zero-order valence-corrected chi connectivity index (χ0v) is 11.8. The van der Waals surface area contributed by atoms with Gasteiger partial charge in [0.05, 0.1) is 6.61 Å². The van der Waals surface area contributed by atoms with Gasteiger partial charge in [-0.2, -0.15) is 0 Å². The van der Waals surface area contributed by atoms with Gasteiger partial charge in [0.15, 0.2) is 0 Å². The van der Waals surface area contributed by atoms with E-state index in [-0.39, 0.29) is 0 Å². The minimum atomic E-state index is 0.658. The zero-order valence-electron chi connectivity index (χ0n) is 11.8. The van der Waals surface area contributed by atoms with Crippen molar-refractivity contribution in [1.29, 1.82) is 0 Å². The Bertz CT molecular complexity index is 339. The summed E-state index contributed by atoms with van der Waals surface area (Å²) in [5.74, 6) is 0. The quantitative estimate of drug-likeness (QED) is 0.768. The van der Waals surface area contributed by atoms with E-state index in [1.807, 2.05) is 18.5 Å². The Balaban J connectivity index is 1.78. The van der Waals surface area contributed by atoms with Crippen LogP contribution in [-0.2, 0) is 11.2 Å². The summed E-state index contributed by atoms with van der Waals surface area (Å²) in [4.78, 5) is 6.67. The molecule has 1 unspecified atom stereocenters. The molecule has 1 fully saturated rings. The molecule has 1 aliphatic rings. The molecule has 0 saturated carbocycles. The highest BCUT2D eigenvalue weighted by molar-refractivity contribution is 5.08. The van der Waals surface area contributed by atoms with Crippen LogP contribution < -0.4 is 5.32 Å². The second-order valence-corrected chi connectivity index (χ2v) is 5.20. The number of rotatable bonds is 8. The van der Waals surface area contributed by atoms with Gasteiger partial charge in [0, 0.05) is 45.2 Å². The van der Waals surface area contributed by atoms with Gasteiger partial charge in [-0.1, -0.05) is 6.07 Å². The van der Waals surface area contributed by atoms with Crippen LogP contribution in [0.15, 0.2) is 24.5 Å². The number of hydrogen-bond donors (Lipinski definition) is 1. The molecule has 2 rings (SSSR count). The van der Waals surface area contributed by atoms with Crippen LogP contribution in [-0.4, -0.2) is 55.8 Å². The summed E-state index contributed by atoms with van der Waals surface area (Å²) in [6.45, 7) is 5.19. The number of ether oxygens (including phenoxy) is 1. The summed E-state index contributed by atoms with van der Waals surface area (Å²) in [5, 5.41) is 3.57. The molecule has 0 radical (unpaired) electrons. The van der Waals surface area contributed by atoms with Gasteiger partial charge in [-0.05, 0) is 37.4 Å². The van der Waals surface area contributed by atoms with E-state index >= 15 is 0 Å². The lowest BCUT2D eigenvalue weighted by atomic mass is 10.1. The monoisotopic (exact) mass is 263 g/mol. The molecule has 1 N–H and O–H groups in total. The first-order valence-corrected chi connectivity index (χ1v) is 7.22. The van der Waals surface area contributed by atoms with Crippen molar-refractivity contribution in [3.63, 3.8) is 0 Å². The number of nitrogens with one attached hydrogen (secondary N) is 1. The summed E-state index contributed by atoms with van der Waals surface area (Å²) >= 11 is 0. The summed E-state index contributed by atoms with van der Waals surface area (Å²) in [7, 11) is 1.77. The standard InChI is InChI=1S/C15H25N3O/c1-19-11-10-18(13-15-5-3-8-17-15)9-6-14-4-2-7-16-12-14/h2,4,7,12,15,17H,3,5-6,8-11,13H2,1H3. The van der Waals surface area contributed by atoms with E-state index in [2.05, 4.69) is 21.3 Å². The predicted molar refractivity (Wildman–Crippen MR) is 77.3 cm³/mol. The van der Waals surface area contributed by atoms with E-state index in [1.54, 1.807) is 7.11 Å². The second kappa shape index (κ2) is 8.25. The lowest BCUT2D eigenvalue weighted by Crippen LogP contribution is -2.40.